The smallest absolute Gasteiger partial charge is 0.235 e. The van der Waals surface area contributed by atoms with Crippen LogP contribution in [0.2, 0.25) is 0 Å². The molecule has 1 N–H and O–H groups in total. The predicted molar refractivity (Wildman–Crippen MR) is 77.4 cm³/mol. The van der Waals surface area contributed by atoms with E-state index in [2.05, 4.69) is 10.3 Å². The van der Waals surface area contributed by atoms with Crippen molar-refractivity contribution < 1.29 is 13.2 Å². The van der Waals surface area contributed by atoms with E-state index < -0.39 is 10.0 Å². The molecule has 6 nitrogen and oxygen atoms in total. The summed E-state index contributed by atoms with van der Waals surface area (Å²) in [5.41, 5.74) is 0.924. The summed E-state index contributed by atoms with van der Waals surface area (Å²) in [5, 5.41) is 2.71. The van der Waals surface area contributed by atoms with E-state index in [9.17, 15) is 13.2 Å². The number of pyridine rings is 1. The third-order valence-electron chi connectivity index (χ3n) is 2.79. The highest BCUT2D eigenvalue weighted by atomic mass is 32.2. The molecule has 1 heterocycles. The molecule has 0 fully saturated rings. The van der Waals surface area contributed by atoms with E-state index in [4.69, 9.17) is 0 Å². The molecular formula is C13H21N3O3S. The highest BCUT2D eigenvalue weighted by Crippen LogP contribution is 2.02. The van der Waals surface area contributed by atoms with Crippen LogP contribution in [-0.2, 0) is 21.4 Å². The van der Waals surface area contributed by atoms with E-state index >= 15 is 0 Å². The normalized spacial score (nSPS) is 11.6. The van der Waals surface area contributed by atoms with Crippen molar-refractivity contribution in [1.82, 2.24) is 14.6 Å². The van der Waals surface area contributed by atoms with Crippen LogP contribution in [0.25, 0.3) is 0 Å². The number of rotatable bonds is 8. The van der Waals surface area contributed by atoms with Gasteiger partial charge in [0.05, 0.1) is 12.8 Å². The molecule has 1 amide bonds. The number of unbranched alkanes of at least 4 members (excludes halogenated alkanes) is 1. The predicted octanol–water partition coefficient (Wildman–Crippen LogP) is 0.759. The quantitative estimate of drug-likeness (QED) is 0.768. The van der Waals surface area contributed by atoms with Crippen LogP contribution in [0.5, 0.6) is 0 Å². The maximum atomic E-state index is 11.8. The zero-order valence-electron chi connectivity index (χ0n) is 11.9. The average Bonchev–Trinajstić information content (AvgIpc) is 2.41. The van der Waals surface area contributed by atoms with Gasteiger partial charge in [0, 0.05) is 25.5 Å². The van der Waals surface area contributed by atoms with Gasteiger partial charge in [-0.25, -0.2) is 8.42 Å². The molecule has 0 radical (unpaired) electrons. The summed E-state index contributed by atoms with van der Waals surface area (Å²) in [7, 11) is -3.35. The van der Waals surface area contributed by atoms with Gasteiger partial charge in [-0.2, -0.15) is 4.31 Å². The molecule has 1 aromatic rings. The molecule has 7 heteroatoms. The minimum atomic E-state index is -3.35. The van der Waals surface area contributed by atoms with Crippen molar-refractivity contribution in [1.29, 1.82) is 0 Å². The van der Waals surface area contributed by atoms with Gasteiger partial charge in [-0.1, -0.05) is 13.3 Å². The van der Waals surface area contributed by atoms with Crippen LogP contribution >= 0.6 is 0 Å². The van der Waals surface area contributed by atoms with Crippen LogP contribution in [0.15, 0.2) is 24.5 Å². The summed E-state index contributed by atoms with van der Waals surface area (Å²) in [5.74, 6) is -0.302. The Balaban J connectivity index is 2.50. The Morgan fingerprint density at radius 1 is 1.35 bits per heavy atom. The Bertz CT molecular complexity index is 517. The second-order valence-corrected chi connectivity index (χ2v) is 6.56. The Morgan fingerprint density at radius 3 is 2.55 bits per heavy atom. The zero-order valence-corrected chi connectivity index (χ0v) is 12.7. The molecule has 0 bridgehead atoms. The highest BCUT2D eigenvalue weighted by Gasteiger charge is 2.19. The number of aromatic nitrogens is 1. The molecule has 0 aliphatic carbocycles. The molecule has 0 unspecified atom stereocenters. The molecule has 0 aliphatic rings. The third-order valence-corrected chi connectivity index (χ3v) is 4.04. The SMILES string of the molecule is CCCCN(CC(=O)NCc1ccncc1)S(C)(=O)=O. The van der Waals surface area contributed by atoms with Crippen LogP contribution in [0.3, 0.4) is 0 Å². The van der Waals surface area contributed by atoms with Gasteiger partial charge in [-0.15, -0.1) is 0 Å². The fourth-order valence-electron chi connectivity index (χ4n) is 1.61. The lowest BCUT2D eigenvalue weighted by atomic mass is 10.3. The Morgan fingerprint density at radius 2 is 2.00 bits per heavy atom. The second-order valence-electron chi connectivity index (χ2n) is 4.58. The molecular weight excluding hydrogens is 278 g/mol. The first kappa shape index (κ1) is 16.6. The minimum absolute atomic E-state index is 0.135. The van der Waals surface area contributed by atoms with Crippen LogP contribution in [0.1, 0.15) is 25.3 Å². The van der Waals surface area contributed by atoms with Gasteiger partial charge in [-0.3, -0.25) is 9.78 Å². The number of hydrogen-bond donors (Lipinski definition) is 1. The Kier molecular flexibility index (Phi) is 6.60. The third kappa shape index (κ3) is 6.12. The fourth-order valence-corrected chi connectivity index (χ4v) is 2.43. The first-order valence-corrected chi connectivity index (χ1v) is 8.39. The van der Waals surface area contributed by atoms with Crippen LogP contribution in [-0.4, -0.2) is 43.0 Å². The first-order valence-electron chi connectivity index (χ1n) is 6.54. The standard InChI is InChI=1S/C13H21N3O3S/c1-3-4-9-16(20(2,18)19)11-13(17)15-10-12-5-7-14-8-6-12/h5-8H,3-4,9-11H2,1-2H3,(H,15,17). The summed E-state index contributed by atoms with van der Waals surface area (Å²) >= 11 is 0. The van der Waals surface area contributed by atoms with Crippen molar-refractivity contribution in [3.05, 3.63) is 30.1 Å². The van der Waals surface area contributed by atoms with Crippen molar-refractivity contribution in [3.8, 4) is 0 Å². The van der Waals surface area contributed by atoms with Crippen molar-refractivity contribution in [3.63, 3.8) is 0 Å². The molecule has 0 aromatic carbocycles. The molecule has 1 rings (SSSR count). The lowest BCUT2D eigenvalue weighted by Crippen LogP contribution is -2.40. The van der Waals surface area contributed by atoms with Crippen molar-refractivity contribution in [2.75, 3.05) is 19.3 Å². The van der Waals surface area contributed by atoms with E-state index in [1.54, 1.807) is 24.5 Å². The number of carbonyl (C=O) groups is 1. The molecule has 112 valence electrons. The van der Waals surface area contributed by atoms with E-state index in [-0.39, 0.29) is 12.5 Å². The molecule has 0 saturated heterocycles. The lowest BCUT2D eigenvalue weighted by molar-refractivity contribution is -0.121. The number of sulfonamides is 1. The molecule has 0 atom stereocenters. The Hall–Kier alpha value is -1.47. The van der Waals surface area contributed by atoms with Gasteiger partial charge < -0.3 is 5.32 Å². The summed E-state index contributed by atoms with van der Waals surface area (Å²) in [4.78, 5) is 15.7. The monoisotopic (exact) mass is 299 g/mol. The van der Waals surface area contributed by atoms with Gasteiger partial charge in [0.1, 0.15) is 0 Å². The van der Waals surface area contributed by atoms with Gasteiger partial charge in [0.15, 0.2) is 0 Å². The second kappa shape index (κ2) is 7.96. The summed E-state index contributed by atoms with van der Waals surface area (Å²) in [6, 6.07) is 3.59. The largest absolute Gasteiger partial charge is 0.351 e. The van der Waals surface area contributed by atoms with Crippen LogP contribution < -0.4 is 5.32 Å². The summed E-state index contributed by atoms with van der Waals surface area (Å²) < 4.78 is 24.4. The summed E-state index contributed by atoms with van der Waals surface area (Å²) in [6.07, 6.45) is 6.03. The van der Waals surface area contributed by atoms with E-state index in [0.29, 0.717) is 13.1 Å². The topological polar surface area (TPSA) is 79.4 Å². The Labute approximate surface area is 120 Å². The maximum absolute atomic E-state index is 11.8. The number of carbonyl (C=O) groups excluding carboxylic acids is 1. The lowest BCUT2D eigenvalue weighted by Gasteiger charge is -2.19. The van der Waals surface area contributed by atoms with E-state index in [0.717, 1.165) is 24.7 Å². The van der Waals surface area contributed by atoms with E-state index in [1.165, 1.54) is 4.31 Å². The van der Waals surface area contributed by atoms with Crippen molar-refractivity contribution in [2.45, 2.75) is 26.3 Å². The summed E-state index contributed by atoms with van der Waals surface area (Å²) in [6.45, 7) is 2.58. The molecule has 20 heavy (non-hydrogen) atoms. The van der Waals surface area contributed by atoms with Gasteiger partial charge in [0.25, 0.3) is 0 Å². The molecule has 0 saturated carbocycles. The number of nitrogens with one attached hydrogen (secondary N) is 1. The molecule has 0 aliphatic heterocycles. The van der Waals surface area contributed by atoms with Crippen molar-refractivity contribution in [2.24, 2.45) is 0 Å². The number of amides is 1. The number of nitrogens with zero attached hydrogens (tertiary/aromatic N) is 2. The van der Waals surface area contributed by atoms with Gasteiger partial charge in [0.2, 0.25) is 15.9 Å². The average molecular weight is 299 g/mol. The van der Waals surface area contributed by atoms with Crippen molar-refractivity contribution >= 4 is 15.9 Å². The minimum Gasteiger partial charge on any atom is -0.351 e. The van der Waals surface area contributed by atoms with Gasteiger partial charge >= 0.3 is 0 Å². The molecule has 1 aromatic heterocycles. The maximum Gasteiger partial charge on any atom is 0.235 e. The molecule has 0 spiro atoms. The number of hydrogen-bond acceptors (Lipinski definition) is 4. The van der Waals surface area contributed by atoms with E-state index in [1.807, 2.05) is 6.92 Å². The first-order chi connectivity index (χ1) is 9.43. The van der Waals surface area contributed by atoms with Crippen LogP contribution in [0, 0.1) is 0 Å². The van der Waals surface area contributed by atoms with Crippen LogP contribution in [0.4, 0.5) is 0 Å². The highest BCUT2D eigenvalue weighted by molar-refractivity contribution is 7.88. The fraction of sp³-hybridized carbons (Fsp3) is 0.538. The van der Waals surface area contributed by atoms with Gasteiger partial charge in [-0.05, 0) is 24.1 Å². The zero-order chi connectivity index (χ0) is 15.0.